The minimum atomic E-state index is -0.361. The van der Waals surface area contributed by atoms with Crippen LogP contribution in [-0.4, -0.2) is 24.6 Å². The average molecular weight is 286 g/mol. The summed E-state index contributed by atoms with van der Waals surface area (Å²) in [5.74, 6) is 0.492. The fourth-order valence-corrected chi connectivity index (χ4v) is 2.32. The Morgan fingerprint density at radius 3 is 2.62 bits per heavy atom. The number of hydrogen-bond donors (Lipinski definition) is 2. The summed E-state index contributed by atoms with van der Waals surface area (Å²) in [4.78, 5) is 11.4. The van der Waals surface area contributed by atoms with E-state index in [1.54, 1.807) is 0 Å². The second-order valence-electron chi connectivity index (χ2n) is 5.39. The van der Waals surface area contributed by atoms with Gasteiger partial charge in [-0.2, -0.15) is 0 Å². The van der Waals surface area contributed by atoms with Gasteiger partial charge in [0, 0.05) is 17.8 Å². The fraction of sp³-hybridized carbons (Fsp3) is 0.353. The molecule has 2 rings (SSSR count). The van der Waals surface area contributed by atoms with Crippen LogP contribution in [0.25, 0.3) is 10.8 Å². The van der Waals surface area contributed by atoms with Gasteiger partial charge in [-0.25, -0.2) is 0 Å². The summed E-state index contributed by atoms with van der Waals surface area (Å²) < 4.78 is 5.83. The topological polar surface area (TPSA) is 64.3 Å². The summed E-state index contributed by atoms with van der Waals surface area (Å²) in [5.41, 5.74) is 5.40. The van der Waals surface area contributed by atoms with E-state index in [-0.39, 0.29) is 18.0 Å². The van der Waals surface area contributed by atoms with E-state index in [9.17, 15) is 4.79 Å². The summed E-state index contributed by atoms with van der Waals surface area (Å²) in [7, 11) is 0. The van der Waals surface area contributed by atoms with Gasteiger partial charge in [0.15, 0.2) is 0 Å². The molecule has 112 valence electrons. The molecular formula is C17H22N2O2. The fourth-order valence-electron chi connectivity index (χ4n) is 2.32. The molecule has 4 nitrogen and oxygen atoms in total. The summed E-state index contributed by atoms with van der Waals surface area (Å²) >= 11 is 0. The second-order valence-corrected chi connectivity index (χ2v) is 5.39. The van der Waals surface area contributed by atoms with Crippen molar-refractivity contribution in [3.05, 3.63) is 42.5 Å². The van der Waals surface area contributed by atoms with E-state index in [1.165, 1.54) is 0 Å². The van der Waals surface area contributed by atoms with Crippen molar-refractivity contribution in [2.45, 2.75) is 32.4 Å². The van der Waals surface area contributed by atoms with Gasteiger partial charge >= 0.3 is 0 Å². The zero-order valence-electron chi connectivity index (χ0n) is 12.5. The third kappa shape index (κ3) is 4.20. The Hall–Kier alpha value is -2.07. The normalized spacial score (nSPS) is 12.5. The van der Waals surface area contributed by atoms with Gasteiger partial charge in [-0.1, -0.05) is 50.2 Å². The molecular weight excluding hydrogens is 264 g/mol. The van der Waals surface area contributed by atoms with Crippen molar-refractivity contribution in [2.75, 3.05) is 6.61 Å². The largest absolute Gasteiger partial charge is 0.493 e. The van der Waals surface area contributed by atoms with Gasteiger partial charge < -0.3 is 15.8 Å². The van der Waals surface area contributed by atoms with Crippen LogP contribution in [0.1, 0.15) is 20.3 Å². The molecule has 0 saturated heterocycles. The minimum absolute atomic E-state index is 0.208. The van der Waals surface area contributed by atoms with Crippen LogP contribution in [0.2, 0.25) is 0 Å². The lowest BCUT2D eigenvalue weighted by atomic mass is 10.1. The third-order valence-corrected chi connectivity index (χ3v) is 3.29. The number of carbonyl (C=O) groups excluding carboxylic acids is 1. The molecule has 0 aliphatic heterocycles. The number of hydrogen-bond acceptors (Lipinski definition) is 3. The van der Waals surface area contributed by atoms with E-state index < -0.39 is 0 Å². The molecule has 4 heteroatoms. The Balaban J connectivity index is 2.00. The van der Waals surface area contributed by atoms with Gasteiger partial charge in [0.1, 0.15) is 5.75 Å². The maximum atomic E-state index is 11.4. The van der Waals surface area contributed by atoms with Crippen molar-refractivity contribution in [2.24, 2.45) is 5.73 Å². The van der Waals surface area contributed by atoms with Gasteiger partial charge in [0.2, 0.25) is 5.91 Å². The molecule has 1 atom stereocenters. The van der Waals surface area contributed by atoms with E-state index >= 15 is 0 Å². The maximum Gasteiger partial charge on any atom is 0.234 e. The minimum Gasteiger partial charge on any atom is -0.493 e. The highest BCUT2D eigenvalue weighted by Gasteiger charge is 2.16. The first-order chi connectivity index (χ1) is 10.1. The Kier molecular flexibility index (Phi) is 5.17. The summed E-state index contributed by atoms with van der Waals surface area (Å²) in [5, 5.41) is 5.37. The number of primary amides is 1. The highest BCUT2D eigenvalue weighted by Crippen LogP contribution is 2.25. The van der Waals surface area contributed by atoms with Gasteiger partial charge in [-0.3, -0.25) is 4.79 Å². The molecule has 0 bridgehead atoms. The molecule has 1 unspecified atom stereocenters. The second kappa shape index (κ2) is 7.09. The first-order valence-electron chi connectivity index (χ1n) is 7.24. The van der Waals surface area contributed by atoms with Crippen molar-refractivity contribution < 1.29 is 9.53 Å². The number of benzene rings is 2. The van der Waals surface area contributed by atoms with E-state index in [4.69, 9.17) is 10.5 Å². The molecule has 0 aliphatic rings. The number of fused-ring (bicyclic) bond motifs is 1. The predicted molar refractivity (Wildman–Crippen MR) is 85.3 cm³/mol. The van der Waals surface area contributed by atoms with E-state index in [2.05, 4.69) is 17.4 Å². The lowest BCUT2D eigenvalue weighted by molar-refractivity contribution is -0.120. The van der Waals surface area contributed by atoms with Crippen molar-refractivity contribution >= 4 is 16.7 Å². The third-order valence-electron chi connectivity index (χ3n) is 3.29. The zero-order valence-corrected chi connectivity index (χ0v) is 12.5. The van der Waals surface area contributed by atoms with Crippen molar-refractivity contribution in [3.63, 3.8) is 0 Å². The predicted octanol–water partition coefficient (Wildman–Crippen LogP) is 2.46. The quantitative estimate of drug-likeness (QED) is 0.821. The number of nitrogens with one attached hydrogen (secondary N) is 1. The van der Waals surface area contributed by atoms with Gasteiger partial charge in [-0.15, -0.1) is 0 Å². The molecule has 1 amide bonds. The summed E-state index contributed by atoms with van der Waals surface area (Å²) in [6, 6.07) is 13.9. The number of ether oxygens (including phenoxy) is 1. The number of carbonyl (C=O) groups is 1. The average Bonchev–Trinajstić information content (AvgIpc) is 2.46. The Labute approximate surface area is 125 Å². The lowest BCUT2D eigenvalue weighted by Crippen LogP contribution is -2.45. The molecule has 0 aliphatic carbocycles. The Bertz CT molecular complexity index is 605. The molecule has 0 aromatic heterocycles. The zero-order chi connectivity index (χ0) is 15.2. The maximum absolute atomic E-state index is 11.4. The summed E-state index contributed by atoms with van der Waals surface area (Å²) in [6.45, 7) is 4.42. The number of rotatable bonds is 7. The highest BCUT2D eigenvalue weighted by molar-refractivity contribution is 5.88. The van der Waals surface area contributed by atoms with Gasteiger partial charge in [0.05, 0.1) is 12.6 Å². The van der Waals surface area contributed by atoms with Crippen molar-refractivity contribution in [1.29, 1.82) is 0 Å². The Morgan fingerprint density at radius 1 is 1.19 bits per heavy atom. The number of nitrogens with two attached hydrogens (primary N) is 1. The standard InChI is InChI=1S/C17H22N2O2/c1-12(2)19-15(17(18)20)10-11-21-16-9-5-7-13-6-3-4-8-14(13)16/h3-9,12,15,19H,10-11H2,1-2H3,(H2,18,20). The van der Waals surface area contributed by atoms with E-state index in [0.717, 1.165) is 16.5 Å². The van der Waals surface area contributed by atoms with Crippen LogP contribution in [0.15, 0.2) is 42.5 Å². The van der Waals surface area contributed by atoms with Crippen LogP contribution in [0.5, 0.6) is 5.75 Å². The lowest BCUT2D eigenvalue weighted by Gasteiger charge is -2.18. The molecule has 0 heterocycles. The molecule has 0 spiro atoms. The first kappa shape index (κ1) is 15.3. The van der Waals surface area contributed by atoms with Crippen LogP contribution in [0.4, 0.5) is 0 Å². The summed E-state index contributed by atoms with van der Waals surface area (Å²) in [6.07, 6.45) is 0.552. The van der Waals surface area contributed by atoms with E-state index in [0.29, 0.717) is 13.0 Å². The van der Waals surface area contributed by atoms with Crippen LogP contribution in [-0.2, 0) is 4.79 Å². The molecule has 2 aromatic rings. The molecule has 0 fully saturated rings. The molecule has 3 N–H and O–H groups in total. The molecule has 21 heavy (non-hydrogen) atoms. The van der Waals surface area contributed by atoms with Crippen LogP contribution < -0.4 is 15.8 Å². The van der Waals surface area contributed by atoms with Gasteiger partial charge in [-0.05, 0) is 11.5 Å². The van der Waals surface area contributed by atoms with Gasteiger partial charge in [0.25, 0.3) is 0 Å². The van der Waals surface area contributed by atoms with E-state index in [1.807, 2.05) is 44.2 Å². The number of amides is 1. The molecule has 0 saturated carbocycles. The van der Waals surface area contributed by atoms with Crippen LogP contribution in [0, 0.1) is 0 Å². The van der Waals surface area contributed by atoms with Crippen molar-refractivity contribution in [3.8, 4) is 5.75 Å². The Morgan fingerprint density at radius 2 is 1.90 bits per heavy atom. The smallest absolute Gasteiger partial charge is 0.234 e. The molecule has 0 radical (unpaired) electrons. The van der Waals surface area contributed by atoms with Crippen LogP contribution in [0.3, 0.4) is 0 Å². The van der Waals surface area contributed by atoms with Crippen LogP contribution >= 0.6 is 0 Å². The highest BCUT2D eigenvalue weighted by atomic mass is 16.5. The van der Waals surface area contributed by atoms with Crippen molar-refractivity contribution in [1.82, 2.24) is 5.32 Å². The SMILES string of the molecule is CC(C)NC(CCOc1cccc2ccccc12)C(N)=O. The monoisotopic (exact) mass is 286 g/mol. The first-order valence-corrected chi connectivity index (χ1v) is 7.24. The molecule has 2 aromatic carbocycles.